The summed E-state index contributed by atoms with van der Waals surface area (Å²) in [6.07, 6.45) is 0. The molecule has 0 aromatic heterocycles. The van der Waals surface area contributed by atoms with Gasteiger partial charge in [0.1, 0.15) is 0 Å². The Balaban J connectivity index is 1.91. The molecule has 0 saturated heterocycles. The van der Waals surface area contributed by atoms with Crippen molar-refractivity contribution in [1.82, 2.24) is 0 Å². The maximum Gasteiger partial charge on any atom is 0.171 e. The van der Waals surface area contributed by atoms with Crippen LogP contribution in [0.1, 0.15) is 43.7 Å². The van der Waals surface area contributed by atoms with Crippen molar-refractivity contribution in [3.05, 3.63) is 141 Å². The number of halogens is 2. The van der Waals surface area contributed by atoms with E-state index in [4.69, 9.17) is 23.2 Å². The summed E-state index contributed by atoms with van der Waals surface area (Å²) in [6.45, 7) is 0. The molecule has 4 rings (SSSR count). The zero-order valence-electron chi connectivity index (χ0n) is 17.1. The van der Waals surface area contributed by atoms with Gasteiger partial charge in [-0.15, -0.1) is 0 Å². The minimum Gasteiger partial charge on any atom is -0.293 e. The van der Waals surface area contributed by atoms with Gasteiger partial charge in [-0.05, 0) is 35.4 Å². The molecule has 0 radical (unpaired) electrons. The molecule has 0 amide bonds. The average Bonchev–Trinajstić information content (AvgIpc) is 2.84. The van der Waals surface area contributed by atoms with E-state index in [2.05, 4.69) is 0 Å². The van der Waals surface area contributed by atoms with Gasteiger partial charge < -0.3 is 0 Å². The summed E-state index contributed by atoms with van der Waals surface area (Å²) in [5, 5.41) is 1.13. The third kappa shape index (κ3) is 4.83. The van der Waals surface area contributed by atoms with Crippen LogP contribution in [0.25, 0.3) is 0 Å². The second kappa shape index (κ2) is 9.95. The highest BCUT2D eigenvalue weighted by Crippen LogP contribution is 2.39. The molecule has 0 spiro atoms. The summed E-state index contributed by atoms with van der Waals surface area (Å²) in [6, 6.07) is 32.3. The second-order valence-electron chi connectivity index (χ2n) is 7.52. The zero-order chi connectivity index (χ0) is 22.5. The molecule has 4 aromatic rings. The number of ketones is 2. The third-order valence-corrected chi connectivity index (χ3v) is 5.98. The lowest BCUT2D eigenvalue weighted by Crippen LogP contribution is -2.27. The van der Waals surface area contributed by atoms with Crippen LogP contribution in [0.3, 0.4) is 0 Å². The van der Waals surface area contributed by atoms with Crippen LogP contribution in [-0.2, 0) is 0 Å². The maximum absolute atomic E-state index is 13.8. The Morgan fingerprint density at radius 1 is 0.469 bits per heavy atom. The number of rotatable bonds is 7. The Morgan fingerprint density at radius 2 is 0.781 bits per heavy atom. The predicted octanol–water partition coefficient (Wildman–Crippen LogP) is 7.63. The van der Waals surface area contributed by atoms with Gasteiger partial charge in [0.05, 0.1) is 11.8 Å². The summed E-state index contributed by atoms with van der Waals surface area (Å²) in [7, 11) is 0. The van der Waals surface area contributed by atoms with Crippen molar-refractivity contribution < 1.29 is 9.59 Å². The number of carbonyl (C=O) groups excluding carboxylic acids is 2. The van der Waals surface area contributed by atoms with Crippen molar-refractivity contribution in [2.45, 2.75) is 11.8 Å². The highest BCUT2D eigenvalue weighted by atomic mass is 35.5. The SMILES string of the molecule is O=C(c1ccccc1)C(c1ccc(Cl)cc1)C(C(=O)c1ccccc1)c1ccc(Cl)cc1. The Bertz CT molecular complexity index is 1100. The molecule has 0 heterocycles. The van der Waals surface area contributed by atoms with E-state index in [1.165, 1.54) is 0 Å². The van der Waals surface area contributed by atoms with Gasteiger partial charge >= 0.3 is 0 Å². The van der Waals surface area contributed by atoms with Crippen molar-refractivity contribution in [3.63, 3.8) is 0 Å². The first-order valence-electron chi connectivity index (χ1n) is 10.2. The average molecular weight is 459 g/mol. The van der Waals surface area contributed by atoms with E-state index < -0.39 is 11.8 Å². The van der Waals surface area contributed by atoms with Gasteiger partial charge in [-0.25, -0.2) is 0 Å². The van der Waals surface area contributed by atoms with E-state index in [9.17, 15) is 9.59 Å². The smallest absolute Gasteiger partial charge is 0.171 e. The summed E-state index contributed by atoms with van der Waals surface area (Å²) < 4.78 is 0. The van der Waals surface area contributed by atoms with Gasteiger partial charge in [-0.1, -0.05) is 108 Å². The van der Waals surface area contributed by atoms with E-state index in [1.807, 2.05) is 60.7 Å². The lowest BCUT2D eigenvalue weighted by atomic mass is 9.73. The molecule has 0 fully saturated rings. The number of Topliss-reactive ketones (excluding diaryl/α,β-unsaturated/α-hetero) is 2. The van der Waals surface area contributed by atoms with Crippen molar-refractivity contribution in [2.24, 2.45) is 0 Å². The molecule has 2 nitrogen and oxygen atoms in total. The topological polar surface area (TPSA) is 34.1 Å². The van der Waals surface area contributed by atoms with E-state index in [1.54, 1.807) is 48.5 Å². The fourth-order valence-corrected chi connectivity index (χ4v) is 4.15. The molecule has 32 heavy (non-hydrogen) atoms. The van der Waals surface area contributed by atoms with E-state index in [-0.39, 0.29) is 11.6 Å². The molecule has 4 heteroatoms. The van der Waals surface area contributed by atoms with Crippen LogP contribution in [0.4, 0.5) is 0 Å². The highest BCUT2D eigenvalue weighted by molar-refractivity contribution is 6.30. The Morgan fingerprint density at radius 3 is 1.09 bits per heavy atom. The largest absolute Gasteiger partial charge is 0.293 e. The van der Waals surface area contributed by atoms with E-state index in [0.717, 1.165) is 11.1 Å². The standard InChI is InChI=1S/C28H20Cl2O2/c29-23-15-11-19(12-16-23)25(27(31)21-7-3-1-4-8-21)26(20-13-17-24(30)18-14-20)28(32)22-9-5-2-6-10-22/h1-18,25-26H. The van der Waals surface area contributed by atoms with Crippen LogP contribution in [0.5, 0.6) is 0 Å². The Labute approximate surface area is 197 Å². The molecule has 158 valence electrons. The molecule has 2 unspecified atom stereocenters. The van der Waals surface area contributed by atoms with Gasteiger partial charge in [0.2, 0.25) is 0 Å². The Kier molecular flexibility index (Phi) is 6.84. The second-order valence-corrected chi connectivity index (χ2v) is 8.39. The monoisotopic (exact) mass is 458 g/mol. The number of hydrogen-bond donors (Lipinski definition) is 0. The summed E-state index contributed by atoms with van der Waals surface area (Å²) in [4.78, 5) is 27.7. The number of benzene rings is 4. The van der Waals surface area contributed by atoms with Gasteiger partial charge in [-0.3, -0.25) is 9.59 Å². The van der Waals surface area contributed by atoms with Crippen LogP contribution < -0.4 is 0 Å². The quantitative estimate of drug-likeness (QED) is 0.266. The van der Waals surface area contributed by atoms with Crippen molar-refractivity contribution in [1.29, 1.82) is 0 Å². The molecule has 0 saturated carbocycles. The van der Waals surface area contributed by atoms with Crippen molar-refractivity contribution in [3.8, 4) is 0 Å². The summed E-state index contributed by atoms with van der Waals surface area (Å²) >= 11 is 12.2. The summed E-state index contributed by atoms with van der Waals surface area (Å²) in [5.74, 6) is -1.72. The van der Waals surface area contributed by atoms with E-state index >= 15 is 0 Å². The first-order valence-corrected chi connectivity index (χ1v) is 11.0. The molecule has 4 aromatic carbocycles. The first kappa shape index (κ1) is 22.0. The predicted molar refractivity (Wildman–Crippen MR) is 130 cm³/mol. The minimum atomic E-state index is -0.733. The van der Waals surface area contributed by atoms with E-state index in [0.29, 0.717) is 21.2 Å². The fourth-order valence-electron chi connectivity index (χ4n) is 3.89. The van der Waals surface area contributed by atoms with Gasteiger partial charge in [0.15, 0.2) is 11.6 Å². The van der Waals surface area contributed by atoms with Crippen molar-refractivity contribution >= 4 is 34.8 Å². The molecule has 2 atom stereocenters. The highest BCUT2D eigenvalue weighted by Gasteiger charge is 2.37. The normalized spacial score (nSPS) is 12.7. The molecule has 0 N–H and O–H groups in total. The third-order valence-electron chi connectivity index (χ3n) is 5.47. The molecular weight excluding hydrogens is 439 g/mol. The van der Waals surface area contributed by atoms with Gasteiger partial charge in [0, 0.05) is 21.2 Å². The number of carbonyl (C=O) groups is 2. The summed E-state index contributed by atoms with van der Waals surface area (Å²) in [5.41, 5.74) is 2.56. The molecule has 0 aliphatic heterocycles. The van der Waals surface area contributed by atoms with Crippen molar-refractivity contribution in [2.75, 3.05) is 0 Å². The zero-order valence-corrected chi connectivity index (χ0v) is 18.6. The lowest BCUT2D eigenvalue weighted by Gasteiger charge is -2.27. The number of hydrogen-bond acceptors (Lipinski definition) is 2. The maximum atomic E-state index is 13.8. The van der Waals surface area contributed by atoms with Crippen LogP contribution in [0.15, 0.2) is 109 Å². The van der Waals surface area contributed by atoms with Crippen LogP contribution in [0, 0.1) is 0 Å². The van der Waals surface area contributed by atoms with Gasteiger partial charge in [-0.2, -0.15) is 0 Å². The Hall–Kier alpha value is -3.20. The van der Waals surface area contributed by atoms with Crippen LogP contribution in [0.2, 0.25) is 10.0 Å². The lowest BCUT2D eigenvalue weighted by molar-refractivity contribution is 0.0866. The molecule has 0 aliphatic carbocycles. The molecular formula is C28H20Cl2O2. The molecule has 0 bridgehead atoms. The van der Waals surface area contributed by atoms with Crippen LogP contribution >= 0.6 is 23.2 Å². The first-order chi connectivity index (χ1) is 15.5. The molecule has 0 aliphatic rings. The fraction of sp³-hybridized carbons (Fsp3) is 0.0714. The minimum absolute atomic E-state index is 0.128. The van der Waals surface area contributed by atoms with Crippen LogP contribution in [-0.4, -0.2) is 11.6 Å². The van der Waals surface area contributed by atoms with Gasteiger partial charge in [0.25, 0.3) is 0 Å².